The van der Waals surface area contributed by atoms with Crippen LogP contribution in [0, 0.1) is 23.1 Å². The lowest BCUT2D eigenvalue weighted by Crippen LogP contribution is -2.20. The topological polar surface area (TPSA) is 53.2 Å². The number of aliphatic hydroxyl groups is 1. The highest BCUT2D eigenvalue weighted by molar-refractivity contribution is 5.40. The summed E-state index contributed by atoms with van der Waals surface area (Å²) in [5.41, 5.74) is 0.425. The molecule has 0 aromatic heterocycles. The Morgan fingerprint density at radius 2 is 2.24 bits per heavy atom. The van der Waals surface area contributed by atoms with Crippen molar-refractivity contribution in [1.29, 1.82) is 5.26 Å². The second kappa shape index (κ2) is 4.72. The van der Waals surface area contributed by atoms with Gasteiger partial charge in [-0.05, 0) is 37.0 Å². The van der Waals surface area contributed by atoms with E-state index < -0.39 is 17.8 Å². The maximum Gasteiger partial charge on any atom is 0.123 e. The largest absolute Gasteiger partial charge is 0.496 e. The first-order chi connectivity index (χ1) is 8.17. The number of ether oxygens (including phenoxy) is 1. The van der Waals surface area contributed by atoms with Gasteiger partial charge in [-0.15, -0.1) is 0 Å². The molecule has 0 aliphatic heterocycles. The van der Waals surface area contributed by atoms with Gasteiger partial charge >= 0.3 is 0 Å². The molecule has 4 heteroatoms. The lowest BCUT2D eigenvalue weighted by molar-refractivity contribution is 0.137. The van der Waals surface area contributed by atoms with Crippen LogP contribution in [0.25, 0.3) is 0 Å². The lowest BCUT2D eigenvalue weighted by atomic mass is 9.91. The monoisotopic (exact) mass is 235 g/mol. The normalized spacial score (nSPS) is 18.2. The number of rotatable bonds is 4. The molecule has 0 radical (unpaired) electrons. The highest BCUT2D eigenvalue weighted by atomic mass is 19.1. The van der Waals surface area contributed by atoms with Gasteiger partial charge in [-0.1, -0.05) is 0 Å². The Kier molecular flexibility index (Phi) is 3.30. The molecular formula is C13H14FNO2. The van der Waals surface area contributed by atoms with Crippen LogP contribution in [0.3, 0.4) is 0 Å². The van der Waals surface area contributed by atoms with E-state index >= 15 is 0 Å². The molecule has 2 rings (SSSR count). The van der Waals surface area contributed by atoms with Crippen molar-refractivity contribution < 1.29 is 14.2 Å². The predicted molar refractivity (Wildman–Crippen MR) is 60.0 cm³/mol. The second-order valence-corrected chi connectivity index (χ2v) is 4.32. The zero-order valence-electron chi connectivity index (χ0n) is 9.56. The Hall–Kier alpha value is -1.60. The first kappa shape index (κ1) is 11.9. The van der Waals surface area contributed by atoms with Gasteiger partial charge in [-0.25, -0.2) is 4.39 Å². The van der Waals surface area contributed by atoms with Gasteiger partial charge in [0, 0.05) is 5.56 Å². The van der Waals surface area contributed by atoms with Gasteiger partial charge in [0.1, 0.15) is 17.5 Å². The Morgan fingerprint density at radius 3 is 2.76 bits per heavy atom. The zero-order chi connectivity index (χ0) is 12.4. The summed E-state index contributed by atoms with van der Waals surface area (Å²) >= 11 is 0. The number of hydrogen-bond donors (Lipinski definition) is 1. The minimum absolute atomic E-state index is 0.160. The van der Waals surface area contributed by atoms with Crippen LogP contribution < -0.4 is 4.74 Å². The number of hydrogen-bond acceptors (Lipinski definition) is 3. The average Bonchev–Trinajstić information content (AvgIpc) is 3.14. The van der Waals surface area contributed by atoms with Gasteiger partial charge in [0.15, 0.2) is 0 Å². The molecule has 1 aromatic rings. The van der Waals surface area contributed by atoms with Crippen molar-refractivity contribution >= 4 is 0 Å². The van der Waals surface area contributed by atoms with Crippen LogP contribution >= 0.6 is 0 Å². The van der Waals surface area contributed by atoms with E-state index in [0.29, 0.717) is 11.3 Å². The Bertz CT molecular complexity index is 451. The van der Waals surface area contributed by atoms with Gasteiger partial charge < -0.3 is 9.84 Å². The predicted octanol–water partition coefficient (Wildman–Crippen LogP) is 2.21. The quantitative estimate of drug-likeness (QED) is 0.870. The number of aliphatic hydroxyl groups excluding tert-OH is 1. The molecule has 1 fully saturated rings. The van der Waals surface area contributed by atoms with Crippen molar-refractivity contribution in [3.05, 3.63) is 29.6 Å². The van der Waals surface area contributed by atoms with E-state index in [4.69, 9.17) is 10.00 Å². The fraction of sp³-hybridized carbons (Fsp3) is 0.462. The molecule has 1 aromatic carbocycles. The molecule has 2 atom stereocenters. The smallest absolute Gasteiger partial charge is 0.123 e. The molecule has 0 amide bonds. The number of benzene rings is 1. The maximum absolute atomic E-state index is 13.2. The third-order valence-corrected chi connectivity index (χ3v) is 3.11. The summed E-state index contributed by atoms with van der Waals surface area (Å²) in [6.07, 6.45) is 1.12. The molecule has 1 aliphatic rings. The van der Waals surface area contributed by atoms with Crippen LogP contribution in [0.5, 0.6) is 5.75 Å². The third kappa shape index (κ3) is 2.40. The summed E-state index contributed by atoms with van der Waals surface area (Å²) in [6, 6.07) is 6.07. The Balaban J connectivity index is 2.35. The Labute approximate surface area is 99.4 Å². The van der Waals surface area contributed by atoms with Crippen molar-refractivity contribution in [3.8, 4) is 11.8 Å². The van der Waals surface area contributed by atoms with Crippen LogP contribution in [0.15, 0.2) is 18.2 Å². The summed E-state index contributed by atoms with van der Waals surface area (Å²) in [5.74, 6) is -0.553. The molecule has 17 heavy (non-hydrogen) atoms. The summed E-state index contributed by atoms with van der Waals surface area (Å²) < 4.78 is 18.3. The lowest BCUT2D eigenvalue weighted by Gasteiger charge is -2.18. The van der Waals surface area contributed by atoms with E-state index in [2.05, 4.69) is 0 Å². The molecule has 3 nitrogen and oxygen atoms in total. The molecular weight excluding hydrogens is 221 g/mol. The molecule has 1 aliphatic carbocycles. The summed E-state index contributed by atoms with van der Waals surface area (Å²) in [5, 5.41) is 19.2. The molecule has 1 saturated carbocycles. The molecule has 0 bridgehead atoms. The van der Waals surface area contributed by atoms with Crippen LogP contribution in [0.4, 0.5) is 4.39 Å². The maximum atomic E-state index is 13.2. The number of nitriles is 1. The van der Waals surface area contributed by atoms with Crippen LogP contribution in [-0.4, -0.2) is 18.3 Å². The van der Waals surface area contributed by atoms with Crippen molar-refractivity contribution in [2.45, 2.75) is 24.9 Å². The third-order valence-electron chi connectivity index (χ3n) is 3.11. The zero-order valence-corrected chi connectivity index (χ0v) is 9.56. The number of methoxy groups -OCH3 is 1. The van der Waals surface area contributed by atoms with E-state index in [9.17, 15) is 9.50 Å². The fourth-order valence-electron chi connectivity index (χ4n) is 1.99. The number of nitrogens with zero attached hydrogens (tertiary/aromatic N) is 1. The Morgan fingerprint density at radius 1 is 1.53 bits per heavy atom. The summed E-state index contributed by atoms with van der Waals surface area (Å²) in [7, 11) is 1.47. The van der Waals surface area contributed by atoms with Crippen LogP contribution in [0.2, 0.25) is 0 Å². The van der Waals surface area contributed by atoms with Crippen molar-refractivity contribution in [1.82, 2.24) is 0 Å². The molecule has 0 spiro atoms. The molecule has 0 saturated heterocycles. The fourth-order valence-corrected chi connectivity index (χ4v) is 1.99. The highest BCUT2D eigenvalue weighted by Crippen LogP contribution is 2.40. The minimum atomic E-state index is -0.740. The van der Waals surface area contributed by atoms with Crippen molar-refractivity contribution in [3.63, 3.8) is 0 Å². The minimum Gasteiger partial charge on any atom is -0.496 e. The first-order valence-corrected chi connectivity index (χ1v) is 5.58. The summed E-state index contributed by atoms with van der Waals surface area (Å²) in [6.45, 7) is 0. The van der Waals surface area contributed by atoms with E-state index in [1.54, 1.807) is 0 Å². The van der Waals surface area contributed by atoms with E-state index in [1.807, 2.05) is 6.07 Å². The van der Waals surface area contributed by atoms with Gasteiger partial charge in [-0.3, -0.25) is 0 Å². The van der Waals surface area contributed by atoms with E-state index in [-0.39, 0.29) is 5.92 Å². The van der Waals surface area contributed by atoms with Crippen LogP contribution in [0.1, 0.15) is 24.3 Å². The molecule has 0 heterocycles. The summed E-state index contributed by atoms with van der Waals surface area (Å²) in [4.78, 5) is 0. The van der Waals surface area contributed by atoms with Gasteiger partial charge in [0.05, 0.1) is 19.3 Å². The molecule has 2 unspecified atom stereocenters. The van der Waals surface area contributed by atoms with Gasteiger partial charge in [0.2, 0.25) is 0 Å². The standard InChI is InChI=1S/C13H14FNO2/c1-17-12-5-4-9(14)6-10(12)11(7-15)13(16)8-2-3-8/h4-6,8,11,13,16H,2-3H2,1H3. The van der Waals surface area contributed by atoms with Gasteiger partial charge in [0.25, 0.3) is 0 Å². The van der Waals surface area contributed by atoms with E-state index in [1.165, 1.54) is 25.3 Å². The SMILES string of the molecule is COc1ccc(F)cc1C(C#N)C(O)C1CC1. The van der Waals surface area contributed by atoms with Crippen molar-refractivity contribution in [2.75, 3.05) is 7.11 Å². The second-order valence-electron chi connectivity index (χ2n) is 4.32. The average molecular weight is 235 g/mol. The van der Waals surface area contributed by atoms with Crippen molar-refractivity contribution in [2.24, 2.45) is 5.92 Å². The van der Waals surface area contributed by atoms with Gasteiger partial charge in [-0.2, -0.15) is 5.26 Å². The molecule has 90 valence electrons. The number of halogens is 1. The first-order valence-electron chi connectivity index (χ1n) is 5.58. The highest BCUT2D eigenvalue weighted by Gasteiger charge is 2.37. The molecule has 1 N–H and O–H groups in total. The van der Waals surface area contributed by atoms with E-state index in [0.717, 1.165) is 12.8 Å². The van der Waals surface area contributed by atoms with Crippen LogP contribution in [-0.2, 0) is 0 Å².